The molecule has 10 rings (SSSR count). The maximum Gasteiger partial charge on any atom is 0 e. The molecule has 0 saturated carbocycles. The van der Waals surface area contributed by atoms with E-state index in [1.54, 1.807) is 4.40 Å². The summed E-state index contributed by atoms with van der Waals surface area (Å²) in [5, 5.41) is 1.97. The van der Waals surface area contributed by atoms with E-state index in [0.717, 1.165) is 73.4 Å². The van der Waals surface area contributed by atoms with Gasteiger partial charge in [0.25, 0.3) is 0 Å². The normalized spacial score (nSPS) is 11.8. The molecule has 0 bridgehead atoms. The van der Waals surface area contributed by atoms with E-state index in [1.807, 2.05) is 48.5 Å². The number of fused-ring (bicyclic) bond motifs is 4. The van der Waals surface area contributed by atoms with E-state index in [0.29, 0.717) is 11.6 Å². The summed E-state index contributed by atoms with van der Waals surface area (Å²) in [6.45, 7) is 11.4. The molecule has 5 nitrogen and oxygen atoms in total. The summed E-state index contributed by atoms with van der Waals surface area (Å²) < 4.78 is 10.4. The molecule has 327 valence electrons. The Bertz CT molecular complexity index is 3230. The van der Waals surface area contributed by atoms with Crippen LogP contribution in [0.4, 0.5) is 0 Å². The third kappa shape index (κ3) is 9.58. The summed E-state index contributed by atoms with van der Waals surface area (Å²) >= 11 is -1.86. The molecule has 0 atom stereocenters. The molecule has 0 unspecified atom stereocenters. The second kappa shape index (κ2) is 18.9. The first-order chi connectivity index (χ1) is 30.8. The molecule has 1 radical (unpaired) electrons. The minimum Gasteiger partial charge on any atom is 0 e. The zero-order valence-corrected chi connectivity index (χ0v) is 42.9. The van der Waals surface area contributed by atoms with Crippen molar-refractivity contribution < 1.29 is 24.5 Å². The van der Waals surface area contributed by atoms with Crippen molar-refractivity contribution in [3.8, 4) is 50.7 Å². The van der Waals surface area contributed by atoms with Crippen LogP contribution in [0.1, 0.15) is 45.7 Å². The first-order valence-corrected chi connectivity index (χ1v) is 29.6. The predicted octanol–water partition coefficient (Wildman–Crippen LogP) is 14.7. The van der Waals surface area contributed by atoms with Crippen LogP contribution in [0.15, 0.2) is 168 Å². The average molecular weight is 1090 g/mol. The molecule has 0 N–H and O–H groups in total. The Morgan fingerprint density at radius 1 is 0.662 bits per heavy atom. The Labute approximate surface area is 399 Å². The molecule has 4 heterocycles. The Balaban J connectivity index is 0.000000232. The SMILES string of the molecule is CC(C)(C)c1cc(-c2ccccc2)ccc1-n1c(-c2[c-]ccc3c2oc2nc(-c4ccccc4)ccc23)nc2ccccc21.CC(C)Cc1cc(-c2[c-]cccc2)nc[c]1[Ge]([CH3])([CH3])[CH3].[Ir]. The van der Waals surface area contributed by atoms with Gasteiger partial charge in [-0.25, -0.2) is 4.98 Å². The largest absolute Gasteiger partial charge is 0 e. The number of aromatic nitrogens is 4. The molecule has 0 aliphatic heterocycles. The van der Waals surface area contributed by atoms with Crippen molar-refractivity contribution in [2.24, 2.45) is 5.92 Å². The van der Waals surface area contributed by atoms with Crippen LogP contribution in [0.2, 0.25) is 17.3 Å². The van der Waals surface area contributed by atoms with Crippen molar-refractivity contribution in [2.75, 3.05) is 0 Å². The molecule has 4 aromatic heterocycles. The van der Waals surface area contributed by atoms with Gasteiger partial charge in [0.1, 0.15) is 0 Å². The first kappa shape index (κ1) is 45.6. The summed E-state index contributed by atoms with van der Waals surface area (Å²) in [6.07, 6.45) is 3.27. The number of para-hydroxylation sites is 2. The van der Waals surface area contributed by atoms with E-state index in [9.17, 15) is 0 Å². The summed E-state index contributed by atoms with van der Waals surface area (Å²) in [5.74, 6) is 8.78. The van der Waals surface area contributed by atoms with Crippen LogP contribution in [0, 0.1) is 18.1 Å². The number of benzene rings is 6. The zero-order chi connectivity index (χ0) is 44.6. The van der Waals surface area contributed by atoms with Crippen molar-refractivity contribution in [3.05, 3.63) is 187 Å². The van der Waals surface area contributed by atoms with E-state index in [1.165, 1.54) is 22.3 Å². The minimum absolute atomic E-state index is 0. The Kier molecular flexibility index (Phi) is 13.3. The number of hydrogen-bond acceptors (Lipinski definition) is 4. The van der Waals surface area contributed by atoms with Crippen molar-refractivity contribution >= 4 is 50.8 Å². The van der Waals surface area contributed by atoms with Crippen LogP contribution in [0.5, 0.6) is 0 Å². The Morgan fingerprint density at radius 2 is 1.37 bits per heavy atom. The average Bonchev–Trinajstić information content (AvgIpc) is 3.88. The molecule has 0 fully saturated rings. The van der Waals surface area contributed by atoms with Crippen LogP contribution >= 0.6 is 0 Å². The predicted molar refractivity (Wildman–Crippen MR) is 270 cm³/mol. The molecular weight excluding hydrogens is 1030 g/mol. The van der Waals surface area contributed by atoms with Gasteiger partial charge in [-0.1, -0.05) is 111 Å². The fourth-order valence-corrected chi connectivity index (χ4v) is 12.0. The second-order valence-corrected chi connectivity index (χ2v) is 29.6. The molecule has 0 spiro atoms. The molecule has 10 aromatic rings. The van der Waals surface area contributed by atoms with Crippen LogP contribution in [0.25, 0.3) is 83.8 Å². The number of rotatable bonds is 8. The zero-order valence-electron chi connectivity index (χ0n) is 38.4. The van der Waals surface area contributed by atoms with Gasteiger partial charge >= 0.3 is 126 Å². The molecule has 0 saturated heterocycles. The van der Waals surface area contributed by atoms with Gasteiger partial charge < -0.3 is 8.98 Å². The van der Waals surface area contributed by atoms with Crippen LogP contribution in [0.3, 0.4) is 0 Å². The third-order valence-corrected chi connectivity index (χ3v) is 16.1. The molecule has 0 aliphatic rings. The van der Waals surface area contributed by atoms with Crippen molar-refractivity contribution in [1.82, 2.24) is 19.5 Å². The fourth-order valence-electron chi connectivity index (χ4n) is 8.62. The monoisotopic (exact) mass is 1090 g/mol. The van der Waals surface area contributed by atoms with Gasteiger partial charge in [-0.2, -0.15) is 0 Å². The van der Waals surface area contributed by atoms with Gasteiger partial charge in [0, 0.05) is 36.7 Å². The molecule has 65 heavy (non-hydrogen) atoms. The van der Waals surface area contributed by atoms with Crippen molar-refractivity contribution in [1.29, 1.82) is 0 Å². The Morgan fingerprint density at radius 3 is 2.06 bits per heavy atom. The maximum absolute atomic E-state index is 6.57. The standard InChI is InChI=1S/C40H30N3O.C18H24GeN.Ir/c1-40(2,3)32-25-28(26-13-6-4-7-14-26)21-24-35(32)43-36-20-11-10-19-34(36)41-38(43)31-18-12-17-29-30-22-23-33(27-15-8-5-9-16-27)42-39(30)44-37(29)31;1-14(2)11-16-12-18(15-9-7-6-8-10-15)20-13-17(16)19(3,4)5;/h4-17,19-25H,1-3H3;6-9,12-14H,11H2,1-5H3;/q2*-1;. The Hall–Kier alpha value is -5.92. The van der Waals surface area contributed by atoms with Gasteiger partial charge in [-0.15, -0.1) is 18.2 Å². The van der Waals surface area contributed by atoms with E-state index < -0.39 is 13.3 Å². The van der Waals surface area contributed by atoms with Crippen molar-refractivity contribution in [3.63, 3.8) is 0 Å². The summed E-state index contributed by atoms with van der Waals surface area (Å²) in [4.78, 5) is 14.8. The second-order valence-electron chi connectivity index (χ2n) is 19.1. The molecular formula is C58H54GeIrN4O-2. The molecule has 0 amide bonds. The number of hydrogen-bond donors (Lipinski definition) is 0. The smallest absolute Gasteiger partial charge is 0 e. The van der Waals surface area contributed by atoms with Crippen molar-refractivity contribution in [2.45, 2.75) is 63.7 Å². The van der Waals surface area contributed by atoms with Gasteiger partial charge in [0.2, 0.25) is 5.71 Å². The molecule has 6 aromatic carbocycles. The molecule has 7 heteroatoms. The van der Waals surface area contributed by atoms with E-state index in [-0.39, 0.29) is 25.5 Å². The van der Waals surface area contributed by atoms with Crippen LogP contribution in [-0.4, -0.2) is 32.8 Å². The quantitative estimate of drug-likeness (QED) is 0.112. The topological polar surface area (TPSA) is 56.7 Å². The van der Waals surface area contributed by atoms with Crippen LogP contribution < -0.4 is 4.40 Å². The summed E-state index contributed by atoms with van der Waals surface area (Å²) in [7, 11) is 0. The fraction of sp³-hybridized carbons (Fsp3) is 0.190. The molecule has 0 aliphatic carbocycles. The minimum atomic E-state index is -1.86. The maximum atomic E-state index is 6.57. The summed E-state index contributed by atoms with van der Waals surface area (Å²) in [6, 6.07) is 61.1. The van der Waals surface area contributed by atoms with Gasteiger partial charge in [-0.3, -0.25) is 4.98 Å². The van der Waals surface area contributed by atoms with E-state index in [2.05, 4.69) is 184 Å². The van der Waals surface area contributed by atoms with E-state index >= 15 is 0 Å². The third-order valence-electron chi connectivity index (χ3n) is 11.7. The number of furan rings is 1. The summed E-state index contributed by atoms with van der Waals surface area (Å²) in [5.41, 5.74) is 14.2. The van der Waals surface area contributed by atoms with Crippen LogP contribution in [-0.2, 0) is 31.9 Å². The number of nitrogens with zero attached hydrogens (tertiary/aromatic N) is 4. The van der Waals surface area contributed by atoms with Gasteiger partial charge in [-0.05, 0) is 58.5 Å². The van der Waals surface area contributed by atoms with E-state index in [4.69, 9.17) is 19.4 Å². The first-order valence-electron chi connectivity index (χ1n) is 22.3. The number of pyridine rings is 2. The number of imidazole rings is 1. The van der Waals surface area contributed by atoms with Gasteiger partial charge in [0.05, 0.1) is 28.1 Å². The van der Waals surface area contributed by atoms with Gasteiger partial charge in [0.15, 0.2) is 0 Å².